The molecular formula is C13H17N3O2. The van der Waals surface area contributed by atoms with Crippen LogP contribution >= 0.6 is 0 Å². The largest absolute Gasteiger partial charge is 0.352 e. The van der Waals surface area contributed by atoms with Crippen LogP contribution in [-0.4, -0.2) is 24.9 Å². The van der Waals surface area contributed by atoms with E-state index in [0.29, 0.717) is 25.1 Å². The van der Waals surface area contributed by atoms with E-state index >= 15 is 0 Å². The molecule has 0 saturated carbocycles. The quantitative estimate of drug-likeness (QED) is 0.668. The molecule has 1 aliphatic rings. The lowest BCUT2D eigenvalue weighted by Gasteiger charge is -2.06. The maximum atomic E-state index is 11.8. The summed E-state index contributed by atoms with van der Waals surface area (Å²) < 4.78 is 0. The summed E-state index contributed by atoms with van der Waals surface area (Å²) in [6.07, 6.45) is 2.18. The van der Waals surface area contributed by atoms with Crippen molar-refractivity contribution in [1.29, 1.82) is 0 Å². The molecule has 4 N–H and O–H groups in total. The number of hydrogen-bond donors (Lipinski definition) is 3. The smallest absolute Gasteiger partial charge is 0.251 e. The van der Waals surface area contributed by atoms with Crippen molar-refractivity contribution in [3.63, 3.8) is 0 Å². The lowest BCUT2D eigenvalue weighted by Crippen LogP contribution is -2.24. The van der Waals surface area contributed by atoms with Crippen molar-refractivity contribution < 1.29 is 9.59 Å². The Morgan fingerprint density at radius 2 is 2.22 bits per heavy atom. The number of carbonyl (C=O) groups excluding carboxylic acids is 2. The molecule has 0 aliphatic carbocycles. The minimum atomic E-state index is -0.115. The van der Waals surface area contributed by atoms with Gasteiger partial charge in [0.25, 0.3) is 5.91 Å². The lowest BCUT2D eigenvalue weighted by atomic mass is 10.1. The molecule has 0 fully saturated rings. The summed E-state index contributed by atoms with van der Waals surface area (Å²) >= 11 is 0. The summed E-state index contributed by atoms with van der Waals surface area (Å²) in [4.78, 5) is 23.0. The van der Waals surface area contributed by atoms with Crippen LogP contribution in [0.25, 0.3) is 0 Å². The Bertz CT molecular complexity index is 471. The van der Waals surface area contributed by atoms with E-state index in [0.717, 1.165) is 24.1 Å². The van der Waals surface area contributed by atoms with Gasteiger partial charge in [-0.1, -0.05) is 6.07 Å². The van der Waals surface area contributed by atoms with Crippen molar-refractivity contribution in [3.05, 3.63) is 29.3 Å². The van der Waals surface area contributed by atoms with E-state index < -0.39 is 0 Å². The van der Waals surface area contributed by atoms with Gasteiger partial charge in [-0.3, -0.25) is 9.59 Å². The maximum absolute atomic E-state index is 11.8. The fourth-order valence-electron chi connectivity index (χ4n) is 1.93. The predicted molar refractivity (Wildman–Crippen MR) is 69.4 cm³/mol. The Hall–Kier alpha value is -1.88. The molecule has 1 aliphatic heterocycles. The summed E-state index contributed by atoms with van der Waals surface area (Å²) in [5.74, 6) is -0.138. The summed E-state index contributed by atoms with van der Waals surface area (Å²) in [6.45, 7) is 1.26. The Labute approximate surface area is 106 Å². The van der Waals surface area contributed by atoms with Crippen LogP contribution in [0.15, 0.2) is 18.2 Å². The minimum absolute atomic E-state index is 0.0227. The van der Waals surface area contributed by atoms with Gasteiger partial charge in [-0.25, -0.2) is 0 Å². The summed E-state index contributed by atoms with van der Waals surface area (Å²) in [5, 5.41) is 5.56. The maximum Gasteiger partial charge on any atom is 0.251 e. The molecule has 18 heavy (non-hydrogen) atoms. The topological polar surface area (TPSA) is 84.2 Å². The molecule has 0 atom stereocenters. The van der Waals surface area contributed by atoms with Gasteiger partial charge in [-0.05, 0) is 37.1 Å². The Kier molecular flexibility index (Phi) is 3.94. The van der Waals surface area contributed by atoms with Crippen molar-refractivity contribution in [1.82, 2.24) is 5.32 Å². The van der Waals surface area contributed by atoms with E-state index in [1.54, 1.807) is 12.1 Å². The Morgan fingerprint density at radius 1 is 1.39 bits per heavy atom. The molecule has 0 radical (unpaired) electrons. The molecule has 0 unspecified atom stereocenters. The van der Waals surface area contributed by atoms with Crippen LogP contribution in [0.2, 0.25) is 0 Å². The molecule has 5 heteroatoms. The van der Waals surface area contributed by atoms with Gasteiger partial charge < -0.3 is 16.4 Å². The van der Waals surface area contributed by atoms with Gasteiger partial charge in [0.15, 0.2) is 0 Å². The highest BCUT2D eigenvalue weighted by molar-refractivity contribution is 6.02. The van der Waals surface area contributed by atoms with E-state index in [2.05, 4.69) is 10.6 Å². The fraction of sp³-hybridized carbons (Fsp3) is 0.385. The SMILES string of the molecule is NCCCCNC(=O)c1ccc2c(c1)NC(=O)C2. The molecule has 5 nitrogen and oxygen atoms in total. The Balaban J connectivity index is 1.95. The molecule has 96 valence electrons. The number of carbonyl (C=O) groups is 2. The first-order valence-corrected chi connectivity index (χ1v) is 6.12. The molecule has 0 aromatic heterocycles. The molecular weight excluding hydrogens is 230 g/mol. The summed E-state index contributed by atoms with van der Waals surface area (Å²) in [7, 11) is 0. The predicted octanol–water partition coefficient (Wildman–Crippen LogP) is 0.650. The second-order valence-electron chi connectivity index (χ2n) is 4.35. The van der Waals surface area contributed by atoms with Crippen molar-refractivity contribution in [2.24, 2.45) is 5.73 Å². The van der Waals surface area contributed by atoms with Crippen molar-refractivity contribution in [2.45, 2.75) is 19.3 Å². The van der Waals surface area contributed by atoms with Crippen molar-refractivity contribution >= 4 is 17.5 Å². The number of nitrogens with one attached hydrogen (secondary N) is 2. The average Bonchev–Trinajstić information content (AvgIpc) is 2.73. The van der Waals surface area contributed by atoms with Gasteiger partial charge in [0.2, 0.25) is 5.91 Å². The molecule has 1 aromatic rings. The van der Waals surface area contributed by atoms with E-state index in [1.807, 2.05) is 6.07 Å². The minimum Gasteiger partial charge on any atom is -0.352 e. The summed E-state index contributed by atoms with van der Waals surface area (Å²) in [6, 6.07) is 5.29. The van der Waals surface area contributed by atoms with Gasteiger partial charge in [0.05, 0.1) is 6.42 Å². The second-order valence-corrected chi connectivity index (χ2v) is 4.35. The number of anilines is 1. The zero-order valence-corrected chi connectivity index (χ0v) is 10.2. The number of hydrogen-bond acceptors (Lipinski definition) is 3. The Morgan fingerprint density at radius 3 is 3.00 bits per heavy atom. The van der Waals surface area contributed by atoms with Crippen LogP contribution in [-0.2, 0) is 11.2 Å². The average molecular weight is 247 g/mol. The molecule has 0 bridgehead atoms. The number of fused-ring (bicyclic) bond motifs is 1. The third kappa shape index (κ3) is 2.87. The first kappa shape index (κ1) is 12.6. The number of nitrogens with two attached hydrogens (primary N) is 1. The monoisotopic (exact) mass is 247 g/mol. The van der Waals surface area contributed by atoms with Gasteiger partial charge in [-0.2, -0.15) is 0 Å². The van der Waals surface area contributed by atoms with Crippen LogP contribution < -0.4 is 16.4 Å². The number of amides is 2. The first-order chi connectivity index (χ1) is 8.70. The highest BCUT2D eigenvalue weighted by atomic mass is 16.2. The van der Waals surface area contributed by atoms with E-state index in [1.165, 1.54) is 0 Å². The van der Waals surface area contributed by atoms with Crippen LogP contribution in [0.4, 0.5) is 5.69 Å². The molecule has 1 heterocycles. The van der Waals surface area contributed by atoms with Crippen LogP contribution in [0.3, 0.4) is 0 Å². The lowest BCUT2D eigenvalue weighted by molar-refractivity contribution is -0.115. The van der Waals surface area contributed by atoms with Gasteiger partial charge >= 0.3 is 0 Å². The first-order valence-electron chi connectivity index (χ1n) is 6.12. The van der Waals surface area contributed by atoms with Crippen LogP contribution in [0, 0.1) is 0 Å². The molecule has 2 rings (SSSR count). The number of rotatable bonds is 5. The van der Waals surface area contributed by atoms with Crippen LogP contribution in [0.1, 0.15) is 28.8 Å². The van der Waals surface area contributed by atoms with E-state index in [-0.39, 0.29) is 11.8 Å². The molecule has 0 spiro atoms. The van der Waals surface area contributed by atoms with Gasteiger partial charge in [-0.15, -0.1) is 0 Å². The van der Waals surface area contributed by atoms with Gasteiger partial charge in [0, 0.05) is 17.8 Å². The van der Waals surface area contributed by atoms with E-state index in [9.17, 15) is 9.59 Å². The highest BCUT2D eigenvalue weighted by Gasteiger charge is 2.18. The highest BCUT2D eigenvalue weighted by Crippen LogP contribution is 2.23. The van der Waals surface area contributed by atoms with Gasteiger partial charge in [0.1, 0.15) is 0 Å². The zero-order chi connectivity index (χ0) is 13.0. The fourth-order valence-corrected chi connectivity index (χ4v) is 1.93. The zero-order valence-electron chi connectivity index (χ0n) is 10.2. The normalized spacial score (nSPS) is 13.1. The number of benzene rings is 1. The third-order valence-electron chi connectivity index (χ3n) is 2.91. The van der Waals surface area contributed by atoms with Crippen molar-refractivity contribution in [3.8, 4) is 0 Å². The van der Waals surface area contributed by atoms with E-state index in [4.69, 9.17) is 5.73 Å². The third-order valence-corrected chi connectivity index (χ3v) is 2.91. The van der Waals surface area contributed by atoms with Crippen LogP contribution in [0.5, 0.6) is 0 Å². The molecule has 0 saturated heterocycles. The standard InChI is InChI=1S/C13H17N3O2/c14-5-1-2-6-15-13(18)10-4-3-9-8-12(17)16-11(9)7-10/h3-4,7H,1-2,5-6,8,14H2,(H,15,18)(H,16,17). The summed E-state index contributed by atoms with van der Waals surface area (Å²) in [5.41, 5.74) is 7.64. The molecule has 1 aromatic carbocycles. The second kappa shape index (κ2) is 5.64. The molecule has 2 amide bonds. The number of unbranched alkanes of at least 4 members (excludes halogenated alkanes) is 1. The van der Waals surface area contributed by atoms with Crippen molar-refractivity contribution in [2.75, 3.05) is 18.4 Å².